The van der Waals surface area contributed by atoms with Crippen LogP contribution in [0.1, 0.15) is 38.1 Å². The zero-order valence-electron chi connectivity index (χ0n) is 17.1. The zero-order chi connectivity index (χ0) is 22.4. The highest BCUT2D eigenvalue weighted by Crippen LogP contribution is 2.28. The van der Waals surface area contributed by atoms with E-state index in [2.05, 4.69) is 16.0 Å². The Bertz CT molecular complexity index is 1100. The second-order valence-electron chi connectivity index (χ2n) is 6.96. The van der Waals surface area contributed by atoms with Gasteiger partial charge in [0.1, 0.15) is 6.04 Å². The maximum atomic E-state index is 12.7. The average Bonchev–Trinajstić information content (AvgIpc) is 3.12. The number of hydrogen-bond donors (Lipinski definition) is 3. The van der Waals surface area contributed by atoms with Crippen LogP contribution in [0.3, 0.4) is 0 Å². The van der Waals surface area contributed by atoms with E-state index in [4.69, 9.17) is 11.6 Å². The van der Waals surface area contributed by atoms with Crippen molar-refractivity contribution in [1.29, 1.82) is 0 Å². The Morgan fingerprint density at radius 1 is 1.00 bits per heavy atom. The summed E-state index contributed by atoms with van der Waals surface area (Å²) >= 11 is 7.21. The molecule has 1 unspecified atom stereocenters. The first-order chi connectivity index (χ1) is 14.8. The molecule has 6 nitrogen and oxygen atoms in total. The molecular weight excluding hydrogens is 434 g/mol. The molecule has 31 heavy (non-hydrogen) atoms. The van der Waals surface area contributed by atoms with Gasteiger partial charge in [-0.05, 0) is 43.2 Å². The van der Waals surface area contributed by atoms with Crippen molar-refractivity contribution in [1.82, 2.24) is 10.6 Å². The zero-order valence-corrected chi connectivity index (χ0v) is 18.6. The first-order valence-electron chi connectivity index (χ1n) is 9.64. The summed E-state index contributed by atoms with van der Waals surface area (Å²) in [5, 5.41) is 9.15. The summed E-state index contributed by atoms with van der Waals surface area (Å²) < 4.78 is 0. The van der Waals surface area contributed by atoms with Gasteiger partial charge in [0.05, 0.1) is 20.5 Å². The smallest absolute Gasteiger partial charge is 0.262 e. The SMILES string of the molecule is Cc1cc(NC(=O)c2ccccc2Cl)sc1C(=O)NC(C)C(=O)NCc1ccccc1. The van der Waals surface area contributed by atoms with Gasteiger partial charge in [0, 0.05) is 6.54 Å². The van der Waals surface area contributed by atoms with Gasteiger partial charge in [-0.3, -0.25) is 14.4 Å². The number of carbonyl (C=O) groups is 3. The summed E-state index contributed by atoms with van der Waals surface area (Å²) in [5.74, 6) is -1.01. The van der Waals surface area contributed by atoms with Crippen LogP contribution in [0.15, 0.2) is 60.7 Å². The van der Waals surface area contributed by atoms with Crippen molar-refractivity contribution in [2.75, 3.05) is 5.32 Å². The standard InChI is InChI=1S/C23H22ClN3O3S/c1-14-12-19(27-22(29)17-10-6-7-11-18(17)24)31-20(14)23(30)26-15(2)21(28)25-13-16-8-4-3-5-9-16/h3-12,15H,13H2,1-2H3,(H,25,28)(H,26,30)(H,27,29). The Labute approximate surface area is 189 Å². The lowest BCUT2D eigenvalue weighted by Crippen LogP contribution is -2.44. The number of nitrogens with one attached hydrogen (secondary N) is 3. The van der Waals surface area contributed by atoms with Crippen LogP contribution in [0.2, 0.25) is 5.02 Å². The number of rotatable bonds is 7. The molecule has 3 N–H and O–H groups in total. The average molecular weight is 456 g/mol. The van der Waals surface area contributed by atoms with Gasteiger partial charge in [-0.25, -0.2) is 0 Å². The molecule has 0 aliphatic heterocycles. The minimum atomic E-state index is -0.709. The molecule has 3 rings (SSSR count). The lowest BCUT2D eigenvalue weighted by atomic mass is 10.2. The summed E-state index contributed by atoms with van der Waals surface area (Å²) in [6.45, 7) is 3.79. The van der Waals surface area contributed by atoms with E-state index in [-0.39, 0.29) is 17.7 Å². The third-order valence-electron chi connectivity index (χ3n) is 4.53. The van der Waals surface area contributed by atoms with Gasteiger partial charge in [0.2, 0.25) is 5.91 Å². The van der Waals surface area contributed by atoms with Crippen LogP contribution in [-0.2, 0) is 11.3 Å². The van der Waals surface area contributed by atoms with Gasteiger partial charge in [-0.15, -0.1) is 11.3 Å². The molecule has 1 aromatic heterocycles. The fourth-order valence-corrected chi connectivity index (χ4v) is 4.05. The molecule has 2 aromatic carbocycles. The molecule has 1 atom stereocenters. The van der Waals surface area contributed by atoms with E-state index in [9.17, 15) is 14.4 Å². The number of halogens is 1. The first kappa shape index (κ1) is 22.5. The molecule has 0 saturated carbocycles. The van der Waals surface area contributed by atoms with E-state index in [0.29, 0.717) is 32.6 Å². The van der Waals surface area contributed by atoms with Crippen LogP contribution in [0.25, 0.3) is 0 Å². The van der Waals surface area contributed by atoms with E-state index < -0.39 is 6.04 Å². The van der Waals surface area contributed by atoms with Crippen molar-refractivity contribution < 1.29 is 14.4 Å². The largest absolute Gasteiger partial charge is 0.350 e. The van der Waals surface area contributed by atoms with Gasteiger partial charge in [-0.2, -0.15) is 0 Å². The Morgan fingerprint density at radius 3 is 2.39 bits per heavy atom. The van der Waals surface area contributed by atoms with Crippen LogP contribution in [0, 0.1) is 6.92 Å². The second-order valence-corrected chi connectivity index (χ2v) is 8.41. The highest BCUT2D eigenvalue weighted by Gasteiger charge is 2.20. The third kappa shape index (κ3) is 5.93. The lowest BCUT2D eigenvalue weighted by molar-refractivity contribution is -0.122. The quantitative estimate of drug-likeness (QED) is 0.493. The topological polar surface area (TPSA) is 87.3 Å². The van der Waals surface area contributed by atoms with Gasteiger partial charge < -0.3 is 16.0 Å². The first-order valence-corrected chi connectivity index (χ1v) is 10.8. The van der Waals surface area contributed by atoms with Crippen LogP contribution in [0.4, 0.5) is 5.00 Å². The normalized spacial score (nSPS) is 11.5. The van der Waals surface area contributed by atoms with Crippen LogP contribution < -0.4 is 16.0 Å². The predicted octanol–water partition coefficient (Wildman–Crippen LogP) is 4.40. The molecule has 0 aliphatic rings. The molecule has 3 aromatic rings. The summed E-state index contributed by atoms with van der Waals surface area (Å²) in [6, 6.07) is 17.3. The maximum Gasteiger partial charge on any atom is 0.262 e. The number of hydrogen-bond acceptors (Lipinski definition) is 4. The Balaban J connectivity index is 1.59. The fourth-order valence-electron chi connectivity index (χ4n) is 2.86. The fraction of sp³-hybridized carbons (Fsp3) is 0.174. The van der Waals surface area contributed by atoms with Gasteiger partial charge in [0.25, 0.3) is 11.8 Å². The van der Waals surface area contributed by atoms with E-state index in [1.165, 1.54) is 0 Å². The van der Waals surface area contributed by atoms with Crippen molar-refractivity contribution in [3.8, 4) is 0 Å². The molecule has 0 radical (unpaired) electrons. The highest BCUT2D eigenvalue weighted by atomic mass is 35.5. The molecule has 0 saturated heterocycles. The Morgan fingerprint density at radius 2 is 1.68 bits per heavy atom. The number of carbonyl (C=O) groups excluding carboxylic acids is 3. The summed E-state index contributed by atoms with van der Waals surface area (Å²) in [6.07, 6.45) is 0. The van der Waals surface area contributed by atoms with E-state index in [1.54, 1.807) is 44.2 Å². The Hall–Kier alpha value is -3.16. The third-order valence-corrected chi connectivity index (χ3v) is 6.01. The highest BCUT2D eigenvalue weighted by molar-refractivity contribution is 7.18. The molecule has 8 heteroatoms. The van der Waals surface area contributed by atoms with Gasteiger partial charge in [-0.1, -0.05) is 54.1 Å². The van der Waals surface area contributed by atoms with Crippen LogP contribution >= 0.6 is 22.9 Å². The van der Waals surface area contributed by atoms with E-state index in [0.717, 1.165) is 16.9 Å². The summed E-state index contributed by atoms with van der Waals surface area (Å²) in [4.78, 5) is 37.8. The monoisotopic (exact) mass is 455 g/mol. The summed E-state index contributed by atoms with van der Waals surface area (Å²) in [7, 11) is 0. The van der Waals surface area contributed by atoms with Gasteiger partial charge >= 0.3 is 0 Å². The van der Waals surface area contributed by atoms with Crippen molar-refractivity contribution in [3.63, 3.8) is 0 Å². The van der Waals surface area contributed by atoms with E-state index >= 15 is 0 Å². The van der Waals surface area contributed by atoms with Crippen molar-refractivity contribution >= 4 is 45.7 Å². The molecule has 3 amide bonds. The number of aryl methyl sites for hydroxylation is 1. The number of amides is 3. The summed E-state index contributed by atoms with van der Waals surface area (Å²) in [5.41, 5.74) is 2.03. The van der Waals surface area contributed by atoms with Crippen LogP contribution in [0.5, 0.6) is 0 Å². The van der Waals surface area contributed by atoms with Crippen LogP contribution in [-0.4, -0.2) is 23.8 Å². The maximum absolute atomic E-state index is 12.7. The molecule has 0 aliphatic carbocycles. The molecule has 160 valence electrons. The minimum Gasteiger partial charge on any atom is -0.350 e. The predicted molar refractivity (Wildman–Crippen MR) is 124 cm³/mol. The Kier molecular flexibility index (Phi) is 7.44. The van der Waals surface area contributed by atoms with Gasteiger partial charge in [0.15, 0.2) is 0 Å². The molecule has 0 fully saturated rings. The molecule has 0 spiro atoms. The van der Waals surface area contributed by atoms with E-state index in [1.807, 2.05) is 30.3 Å². The van der Waals surface area contributed by atoms with Crippen molar-refractivity contribution in [3.05, 3.63) is 87.3 Å². The number of anilines is 1. The van der Waals surface area contributed by atoms with Crippen molar-refractivity contribution in [2.45, 2.75) is 26.4 Å². The second kappa shape index (κ2) is 10.2. The molecule has 0 bridgehead atoms. The number of benzene rings is 2. The minimum absolute atomic E-state index is 0.279. The number of thiophene rings is 1. The molecular formula is C23H22ClN3O3S. The molecule has 1 heterocycles. The van der Waals surface area contributed by atoms with Crippen molar-refractivity contribution in [2.24, 2.45) is 0 Å². The lowest BCUT2D eigenvalue weighted by Gasteiger charge is -2.14.